The molecule has 0 N–H and O–H groups in total. The number of benzene rings is 1. The van der Waals surface area contributed by atoms with E-state index in [2.05, 4.69) is 71.2 Å². The van der Waals surface area contributed by atoms with E-state index in [0.29, 0.717) is 17.2 Å². The SMILES string of the molecule is COc1c(I)cc(I)cc1C1=NN(C(C)=O)[C@H](c2cncc(Br)c2)O1. The molecule has 0 saturated heterocycles. The number of amides is 1. The highest BCUT2D eigenvalue weighted by atomic mass is 127. The highest BCUT2D eigenvalue weighted by Gasteiger charge is 2.35. The Balaban J connectivity index is 2.05. The zero-order chi connectivity index (χ0) is 18.1. The molecule has 1 atom stereocenters. The number of hydrazone groups is 1. The van der Waals surface area contributed by atoms with E-state index < -0.39 is 6.23 Å². The molecule has 1 aromatic heterocycles. The summed E-state index contributed by atoms with van der Waals surface area (Å²) in [5.74, 6) is 0.781. The average Bonchev–Trinajstić information content (AvgIpc) is 2.99. The topological polar surface area (TPSA) is 64.0 Å². The van der Waals surface area contributed by atoms with Gasteiger partial charge in [-0.25, -0.2) is 0 Å². The molecular formula is C16H12BrI2N3O3. The first-order chi connectivity index (χ1) is 11.9. The Morgan fingerprint density at radius 1 is 1.32 bits per heavy atom. The van der Waals surface area contributed by atoms with Gasteiger partial charge in [0, 0.05) is 32.9 Å². The van der Waals surface area contributed by atoms with Gasteiger partial charge in [-0.15, -0.1) is 5.10 Å². The number of nitrogens with zero attached hydrogens (tertiary/aromatic N) is 3. The fourth-order valence-electron chi connectivity index (χ4n) is 2.38. The summed E-state index contributed by atoms with van der Waals surface area (Å²) in [6, 6.07) is 5.76. The number of carbonyl (C=O) groups excluding carboxylic acids is 1. The Labute approximate surface area is 180 Å². The Morgan fingerprint density at radius 2 is 2.08 bits per heavy atom. The van der Waals surface area contributed by atoms with Crippen molar-refractivity contribution in [3.63, 3.8) is 0 Å². The summed E-state index contributed by atoms with van der Waals surface area (Å²) in [7, 11) is 1.60. The zero-order valence-corrected chi connectivity index (χ0v) is 19.1. The largest absolute Gasteiger partial charge is 0.495 e. The molecule has 1 amide bonds. The lowest BCUT2D eigenvalue weighted by Gasteiger charge is -2.19. The van der Waals surface area contributed by atoms with E-state index in [1.165, 1.54) is 11.9 Å². The standard InChI is InChI=1S/C16H12BrI2N3O3/c1-8(23)22-16(9-3-10(17)7-20-6-9)25-15(21-22)12-4-11(18)5-13(19)14(12)24-2/h3-7,16H,1-2H3/t16-/m0/s1. The van der Waals surface area contributed by atoms with Crippen LogP contribution >= 0.6 is 61.1 Å². The van der Waals surface area contributed by atoms with Gasteiger partial charge in [0.15, 0.2) is 0 Å². The lowest BCUT2D eigenvalue weighted by Crippen LogP contribution is -2.25. The number of methoxy groups -OCH3 is 1. The Hall–Kier alpha value is -0.950. The van der Waals surface area contributed by atoms with Crippen LogP contribution in [0.2, 0.25) is 0 Å². The Kier molecular flexibility index (Phi) is 5.83. The molecule has 0 fully saturated rings. The maximum atomic E-state index is 12.1. The highest BCUT2D eigenvalue weighted by molar-refractivity contribution is 14.1. The molecule has 6 nitrogen and oxygen atoms in total. The molecule has 0 unspecified atom stereocenters. The third-order valence-electron chi connectivity index (χ3n) is 3.42. The van der Waals surface area contributed by atoms with Crippen molar-refractivity contribution in [1.82, 2.24) is 9.99 Å². The number of hydrogen-bond acceptors (Lipinski definition) is 5. The van der Waals surface area contributed by atoms with E-state index in [1.807, 2.05) is 18.2 Å². The highest BCUT2D eigenvalue weighted by Crippen LogP contribution is 2.35. The Morgan fingerprint density at radius 3 is 2.72 bits per heavy atom. The molecule has 1 aromatic carbocycles. The first kappa shape index (κ1) is 18.8. The van der Waals surface area contributed by atoms with Gasteiger partial charge in [-0.05, 0) is 79.3 Å². The van der Waals surface area contributed by atoms with Gasteiger partial charge in [-0.2, -0.15) is 5.01 Å². The zero-order valence-electron chi connectivity index (χ0n) is 13.2. The minimum atomic E-state index is -0.669. The summed E-state index contributed by atoms with van der Waals surface area (Å²) in [5, 5.41) is 5.70. The van der Waals surface area contributed by atoms with Crippen molar-refractivity contribution in [3.05, 3.63) is 53.3 Å². The molecular weight excluding hydrogens is 616 g/mol. The number of aromatic nitrogens is 1. The molecule has 0 radical (unpaired) electrons. The van der Waals surface area contributed by atoms with Crippen molar-refractivity contribution in [1.29, 1.82) is 0 Å². The fraction of sp³-hybridized carbons (Fsp3) is 0.188. The van der Waals surface area contributed by atoms with Gasteiger partial charge in [0.2, 0.25) is 18.0 Å². The van der Waals surface area contributed by atoms with Crippen LogP contribution in [-0.2, 0) is 9.53 Å². The van der Waals surface area contributed by atoms with Crippen LogP contribution in [0.25, 0.3) is 0 Å². The van der Waals surface area contributed by atoms with Crippen molar-refractivity contribution >= 4 is 72.9 Å². The van der Waals surface area contributed by atoms with Gasteiger partial charge in [-0.1, -0.05) is 0 Å². The molecule has 0 aliphatic carbocycles. The third-order valence-corrected chi connectivity index (χ3v) is 5.28. The van der Waals surface area contributed by atoms with Crippen molar-refractivity contribution in [2.24, 2.45) is 5.10 Å². The lowest BCUT2D eigenvalue weighted by molar-refractivity contribution is -0.135. The van der Waals surface area contributed by atoms with E-state index >= 15 is 0 Å². The molecule has 25 heavy (non-hydrogen) atoms. The van der Waals surface area contributed by atoms with Crippen LogP contribution in [0, 0.1) is 7.14 Å². The van der Waals surface area contributed by atoms with E-state index in [4.69, 9.17) is 9.47 Å². The molecule has 1 aliphatic heterocycles. The van der Waals surface area contributed by atoms with E-state index in [9.17, 15) is 4.79 Å². The molecule has 9 heteroatoms. The summed E-state index contributed by atoms with van der Waals surface area (Å²) in [6.45, 7) is 1.45. The summed E-state index contributed by atoms with van der Waals surface area (Å²) in [5.41, 5.74) is 1.43. The van der Waals surface area contributed by atoms with Gasteiger partial charge < -0.3 is 9.47 Å². The molecule has 2 heterocycles. The summed E-state index contributed by atoms with van der Waals surface area (Å²) >= 11 is 7.81. The monoisotopic (exact) mass is 627 g/mol. The second kappa shape index (κ2) is 7.74. The number of halogens is 3. The first-order valence-corrected chi connectivity index (χ1v) is 10.0. The summed E-state index contributed by atoms with van der Waals surface area (Å²) in [6.07, 6.45) is 2.65. The molecule has 0 spiro atoms. The molecule has 2 aromatic rings. The van der Waals surface area contributed by atoms with Crippen molar-refractivity contribution in [3.8, 4) is 5.75 Å². The first-order valence-electron chi connectivity index (χ1n) is 7.09. The third kappa shape index (κ3) is 3.92. The van der Waals surface area contributed by atoms with Gasteiger partial charge >= 0.3 is 0 Å². The molecule has 0 saturated carbocycles. The van der Waals surface area contributed by atoms with Crippen LogP contribution in [0.4, 0.5) is 0 Å². The normalized spacial score (nSPS) is 16.4. The van der Waals surface area contributed by atoms with Gasteiger partial charge in [-0.3, -0.25) is 9.78 Å². The minimum Gasteiger partial charge on any atom is -0.495 e. The lowest BCUT2D eigenvalue weighted by atomic mass is 10.2. The summed E-state index contributed by atoms with van der Waals surface area (Å²) < 4.78 is 14.3. The van der Waals surface area contributed by atoms with E-state index in [0.717, 1.165) is 17.2 Å². The molecule has 130 valence electrons. The number of pyridine rings is 1. The van der Waals surface area contributed by atoms with Crippen LogP contribution in [0.3, 0.4) is 0 Å². The van der Waals surface area contributed by atoms with Crippen LogP contribution in [0.5, 0.6) is 5.75 Å². The number of ether oxygens (including phenoxy) is 2. The predicted molar refractivity (Wildman–Crippen MR) is 113 cm³/mol. The maximum Gasteiger partial charge on any atom is 0.244 e. The van der Waals surface area contributed by atoms with Gasteiger partial charge in [0.25, 0.3) is 0 Å². The molecule has 3 rings (SSSR count). The van der Waals surface area contributed by atoms with Crippen LogP contribution in [0.15, 0.2) is 40.2 Å². The fourth-order valence-corrected chi connectivity index (χ4v) is 4.83. The number of rotatable bonds is 3. The second-order valence-electron chi connectivity index (χ2n) is 5.14. The van der Waals surface area contributed by atoms with Crippen LogP contribution in [0.1, 0.15) is 24.3 Å². The van der Waals surface area contributed by atoms with Gasteiger partial charge in [0.1, 0.15) is 5.75 Å². The quantitative estimate of drug-likeness (QED) is 0.477. The summed E-state index contributed by atoms with van der Waals surface area (Å²) in [4.78, 5) is 16.2. The van der Waals surface area contributed by atoms with Gasteiger partial charge in [0.05, 0.1) is 16.2 Å². The molecule has 1 aliphatic rings. The average molecular weight is 628 g/mol. The van der Waals surface area contributed by atoms with E-state index in [-0.39, 0.29) is 5.91 Å². The number of carbonyl (C=O) groups is 1. The van der Waals surface area contributed by atoms with Crippen LogP contribution in [-0.4, -0.2) is 28.9 Å². The molecule has 0 bridgehead atoms. The van der Waals surface area contributed by atoms with Crippen molar-refractivity contribution < 1.29 is 14.3 Å². The number of hydrogen-bond donors (Lipinski definition) is 0. The van der Waals surface area contributed by atoms with Crippen LogP contribution < -0.4 is 4.74 Å². The van der Waals surface area contributed by atoms with Crippen molar-refractivity contribution in [2.75, 3.05) is 7.11 Å². The predicted octanol–water partition coefficient (Wildman–Crippen LogP) is 4.30. The smallest absolute Gasteiger partial charge is 0.244 e. The van der Waals surface area contributed by atoms with Crippen molar-refractivity contribution in [2.45, 2.75) is 13.2 Å². The maximum absolute atomic E-state index is 12.1. The minimum absolute atomic E-state index is 0.223. The Bertz CT molecular complexity index is 876. The van der Waals surface area contributed by atoms with E-state index in [1.54, 1.807) is 19.5 Å². The second-order valence-corrected chi connectivity index (χ2v) is 8.47.